The standard InChI is InChI=1S/C14H23N3/c1-3-14(2)5-8-17(9-6-14)11-13-10-12(15)4-7-16-13/h4,7,10H,3,5-6,8-9,11H2,1-2H3,(H2,15,16). The van der Waals surface area contributed by atoms with Gasteiger partial charge in [0.25, 0.3) is 0 Å². The van der Waals surface area contributed by atoms with E-state index in [1.165, 1.54) is 32.4 Å². The van der Waals surface area contributed by atoms with Gasteiger partial charge in [-0.3, -0.25) is 9.88 Å². The van der Waals surface area contributed by atoms with Gasteiger partial charge in [-0.05, 0) is 43.5 Å². The first-order valence-electron chi connectivity index (χ1n) is 6.54. The molecule has 0 aromatic carbocycles. The number of nitrogen functional groups attached to an aromatic ring is 1. The minimum atomic E-state index is 0.555. The van der Waals surface area contributed by atoms with Crippen molar-refractivity contribution in [3.05, 3.63) is 24.0 Å². The third-order valence-electron chi connectivity index (χ3n) is 4.14. The second-order valence-electron chi connectivity index (χ2n) is 5.52. The quantitative estimate of drug-likeness (QED) is 0.872. The highest BCUT2D eigenvalue weighted by Gasteiger charge is 2.28. The van der Waals surface area contributed by atoms with E-state index in [4.69, 9.17) is 5.73 Å². The molecule has 2 heterocycles. The average Bonchev–Trinajstić information content (AvgIpc) is 2.33. The third kappa shape index (κ3) is 3.19. The van der Waals surface area contributed by atoms with E-state index in [1.54, 1.807) is 6.20 Å². The van der Waals surface area contributed by atoms with Gasteiger partial charge in [0, 0.05) is 18.4 Å². The number of nitrogens with zero attached hydrogens (tertiary/aromatic N) is 2. The van der Waals surface area contributed by atoms with Gasteiger partial charge >= 0.3 is 0 Å². The molecule has 17 heavy (non-hydrogen) atoms. The lowest BCUT2D eigenvalue weighted by atomic mass is 9.78. The molecule has 3 nitrogen and oxygen atoms in total. The number of pyridine rings is 1. The molecule has 0 amide bonds. The van der Waals surface area contributed by atoms with Crippen LogP contribution in [0.5, 0.6) is 0 Å². The number of anilines is 1. The van der Waals surface area contributed by atoms with Crippen molar-refractivity contribution in [3.63, 3.8) is 0 Å². The fourth-order valence-corrected chi connectivity index (χ4v) is 2.42. The summed E-state index contributed by atoms with van der Waals surface area (Å²) in [5.41, 5.74) is 8.22. The molecule has 0 radical (unpaired) electrons. The van der Waals surface area contributed by atoms with E-state index in [2.05, 4.69) is 23.7 Å². The lowest BCUT2D eigenvalue weighted by Gasteiger charge is -2.38. The van der Waals surface area contributed by atoms with Crippen LogP contribution in [0, 0.1) is 5.41 Å². The molecule has 2 rings (SSSR count). The molecule has 0 spiro atoms. The Morgan fingerprint density at radius 2 is 2.12 bits per heavy atom. The summed E-state index contributed by atoms with van der Waals surface area (Å²) in [6, 6.07) is 3.82. The molecular weight excluding hydrogens is 210 g/mol. The van der Waals surface area contributed by atoms with Crippen LogP contribution in [0.15, 0.2) is 18.3 Å². The molecule has 0 unspecified atom stereocenters. The SMILES string of the molecule is CCC1(C)CCN(Cc2cc(N)ccn2)CC1. The molecule has 2 N–H and O–H groups in total. The Balaban J connectivity index is 1.90. The molecule has 94 valence electrons. The van der Waals surface area contributed by atoms with Crippen LogP contribution in [0.4, 0.5) is 5.69 Å². The van der Waals surface area contributed by atoms with Crippen LogP contribution in [-0.4, -0.2) is 23.0 Å². The van der Waals surface area contributed by atoms with Crippen molar-refractivity contribution in [2.75, 3.05) is 18.8 Å². The number of hydrogen-bond acceptors (Lipinski definition) is 3. The molecule has 1 aliphatic rings. The number of piperidine rings is 1. The maximum absolute atomic E-state index is 5.77. The molecule has 3 heteroatoms. The lowest BCUT2D eigenvalue weighted by Crippen LogP contribution is -2.38. The summed E-state index contributed by atoms with van der Waals surface area (Å²) in [4.78, 5) is 6.85. The van der Waals surface area contributed by atoms with E-state index in [-0.39, 0.29) is 0 Å². The molecule has 1 aromatic rings. The van der Waals surface area contributed by atoms with Gasteiger partial charge in [0.15, 0.2) is 0 Å². The summed E-state index contributed by atoms with van der Waals surface area (Å²) in [7, 11) is 0. The van der Waals surface area contributed by atoms with Crippen molar-refractivity contribution in [2.45, 2.75) is 39.7 Å². The first-order chi connectivity index (χ1) is 8.11. The van der Waals surface area contributed by atoms with Crippen LogP contribution in [0.1, 0.15) is 38.8 Å². The summed E-state index contributed by atoms with van der Waals surface area (Å²) in [5, 5.41) is 0. The van der Waals surface area contributed by atoms with Gasteiger partial charge < -0.3 is 5.73 Å². The fraction of sp³-hybridized carbons (Fsp3) is 0.643. The van der Waals surface area contributed by atoms with Crippen LogP contribution in [0.2, 0.25) is 0 Å². The van der Waals surface area contributed by atoms with Gasteiger partial charge in [-0.2, -0.15) is 0 Å². The van der Waals surface area contributed by atoms with E-state index < -0.39 is 0 Å². The van der Waals surface area contributed by atoms with E-state index >= 15 is 0 Å². The predicted octanol–water partition coefficient (Wildman–Crippen LogP) is 2.68. The number of nitrogens with two attached hydrogens (primary N) is 1. The highest BCUT2D eigenvalue weighted by Crippen LogP contribution is 2.34. The molecule has 0 atom stereocenters. The van der Waals surface area contributed by atoms with E-state index in [0.717, 1.165) is 17.9 Å². The number of aromatic nitrogens is 1. The molecule has 0 bridgehead atoms. The highest BCUT2D eigenvalue weighted by atomic mass is 15.1. The summed E-state index contributed by atoms with van der Waals surface area (Å²) in [6.45, 7) is 8.00. The monoisotopic (exact) mass is 233 g/mol. The van der Waals surface area contributed by atoms with E-state index in [0.29, 0.717) is 5.41 Å². The minimum Gasteiger partial charge on any atom is -0.399 e. The average molecular weight is 233 g/mol. The molecule has 1 aromatic heterocycles. The first-order valence-corrected chi connectivity index (χ1v) is 6.54. The zero-order valence-electron chi connectivity index (χ0n) is 10.9. The lowest BCUT2D eigenvalue weighted by molar-refractivity contribution is 0.109. The van der Waals surface area contributed by atoms with Gasteiger partial charge in [-0.1, -0.05) is 20.3 Å². The Kier molecular flexibility index (Phi) is 3.67. The number of rotatable bonds is 3. The van der Waals surface area contributed by atoms with Crippen molar-refractivity contribution in [2.24, 2.45) is 5.41 Å². The zero-order valence-corrected chi connectivity index (χ0v) is 10.9. The third-order valence-corrected chi connectivity index (χ3v) is 4.14. The Hall–Kier alpha value is -1.09. The van der Waals surface area contributed by atoms with Crippen LogP contribution in [-0.2, 0) is 6.54 Å². The highest BCUT2D eigenvalue weighted by molar-refractivity contribution is 5.37. The van der Waals surface area contributed by atoms with Crippen molar-refractivity contribution < 1.29 is 0 Å². The molecular formula is C14H23N3. The van der Waals surface area contributed by atoms with Gasteiger partial charge in [0.2, 0.25) is 0 Å². The van der Waals surface area contributed by atoms with E-state index in [9.17, 15) is 0 Å². The summed E-state index contributed by atoms with van der Waals surface area (Å²) in [6.07, 6.45) is 5.68. The topological polar surface area (TPSA) is 42.1 Å². The normalized spacial score (nSPS) is 20.4. The molecule has 0 saturated carbocycles. The molecule has 0 aliphatic carbocycles. The maximum atomic E-state index is 5.77. The first kappa shape index (κ1) is 12.4. The largest absolute Gasteiger partial charge is 0.399 e. The summed E-state index contributed by atoms with van der Waals surface area (Å²) in [5.74, 6) is 0. The number of hydrogen-bond donors (Lipinski definition) is 1. The second-order valence-corrected chi connectivity index (χ2v) is 5.52. The molecule has 1 fully saturated rings. The Labute approximate surface area is 104 Å². The second kappa shape index (κ2) is 5.05. The zero-order chi connectivity index (χ0) is 12.3. The smallest absolute Gasteiger partial charge is 0.0564 e. The van der Waals surface area contributed by atoms with Crippen molar-refractivity contribution in [1.82, 2.24) is 9.88 Å². The van der Waals surface area contributed by atoms with Gasteiger partial charge in [-0.15, -0.1) is 0 Å². The van der Waals surface area contributed by atoms with Crippen LogP contribution in [0.25, 0.3) is 0 Å². The van der Waals surface area contributed by atoms with Crippen molar-refractivity contribution in [1.29, 1.82) is 0 Å². The Morgan fingerprint density at radius 3 is 2.71 bits per heavy atom. The predicted molar refractivity (Wildman–Crippen MR) is 71.6 cm³/mol. The molecule has 1 saturated heterocycles. The van der Waals surface area contributed by atoms with E-state index in [1.807, 2.05) is 12.1 Å². The maximum Gasteiger partial charge on any atom is 0.0564 e. The summed E-state index contributed by atoms with van der Waals surface area (Å²) < 4.78 is 0. The van der Waals surface area contributed by atoms with Crippen LogP contribution in [0.3, 0.4) is 0 Å². The van der Waals surface area contributed by atoms with Crippen molar-refractivity contribution in [3.8, 4) is 0 Å². The summed E-state index contributed by atoms with van der Waals surface area (Å²) >= 11 is 0. The minimum absolute atomic E-state index is 0.555. The van der Waals surface area contributed by atoms with Crippen molar-refractivity contribution >= 4 is 5.69 Å². The number of likely N-dealkylation sites (tertiary alicyclic amines) is 1. The Morgan fingerprint density at radius 1 is 1.41 bits per heavy atom. The van der Waals surface area contributed by atoms with Gasteiger partial charge in [0.1, 0.15) is 0 Å². The van der Waals surface area contributed by atoms with Crippen LogP contribution >= 0.6 is 0 Å². The van der Waals surface area contributed by atoms with Crippen LogP contribution < -0.4 is 5.73 Å². The van der Waals surface area contributed by atoms with Gasteiger partial charge in [-0.25, -0.2) is 0 Å². The van der Waals surface area contributed by atoms with Gasteiger partial charge in [0.05, 0.1) is 5.69 Å². The fourth-order valence-electron chi connectivity index (χ4n) is 2.42. The molecule has 1 aliphatic heterocycles. The Bertz CT molecular complexity index is 367.